The Morgan fingerprint density at radius 1 is 0.778 bits per heavy atom. The molecule has 0 aliphatic heterocycles. The van der Waals surface area contributed by atoms with Crippen molar-refractivity contribution in [1.29, 1.82) is 0 Å². The fourth-order valence-electron chi connectivity index (χ4n) is 2.41. The van der Waals surface area contributed by atoms with E-state index in [2.05, 4.69) is 0 Å². The monoisotopic (exact) mass is 514 g/mol. The van der Waals surface area contributed by atoms with Gasteiger partial charge in [0, 0.05) is 0 Å². The predicted octanol–water partition coefficient (Wildman–Crippen LogP) is 0.533. The van der Waals surface area contributed by atoms with Crippen LogP contribution in [0.2, 0.25) is 0 Å². The molecule has 6 N–H and O–H groups in total. The molecule has 0 unspecified atom stereocenters. The Morgan fingerprint density at radius 3 is 1.41 bits per heavy atom. The Morgan fingerprint density at radius 2 is 1.11 bits per heavy atom. The SMILES string of the molecule is N[C@@H](C[S][Sn]([S]C[C@H](N)C(=O)O)([c]1ccccc1)[c]1ccccc1)C(=O)O. The second kappa shape index (κ2) is 10.4. The van der Waals surface area contributed by atoms with Crippen LogP contribution in [0.1, 0.15) is 0 Å². The molecule has 0 saturated heterocycles. The van der Waals surface area contributed by atoms with Gasteiger partial charge in [-0.05, 0) is 0 Å². The van der Waals surface area contributed by atoms with Crippen LogP contribution in [0.15, 0.2) is 60.7 Å². The Kier molecular flexibility index (Phi) is 8.49. The minimum absolute atomic E-state index is 0.254. The summed E-state index contributed by atoms with van der Waals surface area (Å²) < 4.78 is 2.26. The number of nitrogens with two attached hydrogens (primary N) is 2. The second-order valence-electron chi connectivity index (χ2n) is 5.86. The van der Waals surface area contributed by atoms with Crippen molar-refractivity contribution in [1.82, 2.24) is 0 Å². The third kappa shape index (κ3) is 5.89. The Labute approximate surface area is 167 Å². The molecular weight excluding hydrogens is 491 g/mol. The molecule has 2 aromatic carbocycles. The molecule has 27 heavy (non-hydrogen) atoms. The number of carboxylic acid groups (broad SMARTS) is 2. The van der Waals surface area contributed by atoms with Crippen molar-refractivity contribution in [3.63, 3.8) is 0 Å². The number of hydrogen-bond donors (Lipinski definition) is 4. The first kappa shape index (κ1) is 22.1. The molecule has 0 radical (unpaired) electrons. The number of carboxylic acids is 2. The predicted molar refractivity (Wildman–Crippen MR) is 114 cm³/mol. The third-order valence-corrected chi connectivity index (χ3v) is 32.9. The van der Waals surface area contributed by atoms with Gasteiger partial charge >= 0.3 is 168 Å². The molecule has 0 fully saturated rings. The van der Waals surface area contributed by atoms with Gasteiger partial charge in [0.2, 0.25) is 0 Å². The molecule has 2 rings (SSSR count). The maximum absolute atomic E-state index is 11.2. The average Bonchev–Trinajstić information content (AvgIpc) is 2.69. The Hall–Kier alpha value is -1.20. The molecule has 6 nitrogen and oxygen atoms in total. The molecule has 2 atom stereocenters. The number of benzene rings is 2. The number of carbonyl (C=O) groups is 2. The average molecular weight is 513 g/mol. The van der Waals surface area contributed by atoms with Gasteiger partial charge in [-0.25, -0.2) is 0 Å². The third-order valence-electron chi connectivity index (χ3n) is 3.87. The van der Waals surface area contributed by atoms with E-state index in [1.807, 2.05) is 60.7 Å². The van der Waals surface area contributed by atoms with Crippen molar-refractivity contribution < 1.29 is 19.8 Å². The van der Waals surface area contributed by atoms with Crippen LogP contribution < -0.4 is 18.6 Å². The van der Waals surface area contributed by atoms with Gasteiger partial charge in [0.1, 0.15) is 0 Å². The summed E-state index contributed by atoms with van der Waals surface area (Å²) in [7, 11) is 3.17. The minimum atomic E-state index is -3.58. The van der Waals surface area contributed by atoms with E-state index in [4.69, 9.17) is 11.5 Å². The van der Waals surface area contributed by atoms with Gasteiger partial charge in [-0.15, -0.1) is 0 Å². The molecule has 0 aliphatic rings. The number of aliphatic carboxylic acids is 2. The summed E-state index contributed by atoms with van der Waals surface area (Å²) in [6, 6.07) is 17.8. The van der Waals surface area contributed by atoms with Crippen molar-refractivity contribution in [3.8, 4) is 0 Å². The molecule has 0 amide bonds. The summed E-state index contributed by atoms with van der Waals surface area (Å²) >= 11 is -3.58. The van der Waals surface area contributed by atoms with Crippen LogP contribution in [-0.4, -0.2) is 61.4 Å². The molecule has 0 aliphatic carbocycles. The van der Waals surface area contributed by atoms with Gasteiger partial charge in [0.25, 0.3) is 0 Å². The topological polar surface area (TPSA) is 127 Å². The zero-order chi connectivity index (χ0) is 19.9. The van der Waals surface area contributed by atoms with Crippen LogP contribution in [0.3, 0.4) is 0 Å². The van der Waals surface area contributed by atoms with Gasteiger partial charge in [-0.1, -0.05) is 0 Å². The van der Waals surface area contributed by atoms with Crippen molar-refractivity contribution >= 4 is 52.6 Å². The van der Waals surface area contributed by atoms with Gasteiger partial charge < -0.3 is 0 Å². The van der Waals surface area contributed by atoms with Gasteiger partial charge in [0.15, 0.2) is 0 Å². The fraction of sp³-hybridized carbons (Fsp3) is 0.222. The maximum atomic E-state index is 11.2. The molecule has 144 valence electrons. The molecule has 9 heteroatoms. The molecular formula is C18H22N2O4S2Sn. The van der Waals surface area contributed by atoms with E-state index in [1.54, 1.807) is 17.9 Å². The molecule has 0 heterocycles. The first-order valence-electron chi connectivity index (χ1n) is 8.22. The molecule has 2 aromatic rings. The van der Waals surface area contributed by atoms with E-state index in [9.17, 15) is 19.8 Å². The van der Waals surface area contributed by atoms with Crippen molar-refractivity contribution in [2.45, 2.75) is 12.1 Å². The van der Waals surface area contributed by atoms with Crippen LogP contribution in [0.5, 0.6) is 0 Å². The summed E-state index contributed by atoms with van der Waals surface area (Å²) in [5, 5.41) is 18.4. The second-order valence-corrected chi connectivity index (χ2v) is 28.8. The van der Waals surface area contributed by atoms with Crippen LogP contribution >= 0.6 is 17.9 Å². The summed E-state index contributed by atoms with van der Waals surface area (Å²) in [4.78, 5) is 22.5. The zero-order valence-corrected chi connectivity index (χ0v) is 19.0. The Bertz CT molecular complexity index is 699. The summed E-state index contributed by atoms with van der Waals surface area (Å²) in [6.45, 7) is 0. The van der Waals surface area contributed by atoms with Crippen LogP contribution in [0.4, 0.5) is 0 Å². The summed E-state index contributed by atoms with van der Waals surface area (Å²) in [5.41, 5.74) is 11.5. The molecule has 0 spiro atoms. The van der Waals surface area contributed by atoms with Crippen LogP contribution in [0.25, 0.3) is 0 Å². The molecule has 0 bridgehead atoms. The summed E-state index contributed by atoms with van der Waals surface area (Å²) in [5.74, 6) is -1.58. The van der Waals surface area contributed by atoms with E-state index in [1.165, 1.54) is 0 Å². The normalized spacial score (nSPS) is 13.7. The summed E-state index contributed by atoms with van der Waals surface area (Å²) in [6.07, 6.45) is 0. The van der Waals surface area contributed by atoms with E-state index < -0.39 is 39.6 Å². The van der Waals surface area contributed by atoms with Gasteiger partial charge in [-0.3, -0.25) is 0 Å². The van der Waals surface area contributed by atoms with Crippen molar-refractivity contribution in [2.24, 2.45) is 11.5 Å². The number of hydrogen-bond acceptors (Lipinski definition) is 6. The standard InChI is InChI=1S/2C6H5.2C3H7NO2S.Sn/c2*1-2-4-6-5-3-1;2*4-2(1-7)3(5)6;/h2*1-5H;2*2,7H,1,4H2,(H,5,6);/q;;;;+2/p-2/t;;2*2-;/m..00./s1. The van der Waals surface area contributed by atoms with Crippen molar-refractivity contribution in [3.05, 3.63) is 60.7 Å². The first-order chi connectivity index (χ1) is 12.9. The van der Waals surface area contributed by atoms with E-state index >= 15 is 0 Å². The molecule has 0 saturated carbocycles. The quantitative estimate of drug-likeness (QED) is 0.339. The Balaban J connectivity index is 2.47. The van der Waals surface area contributed by atoms with Crippen LogP contribution in [0, 0.1) is 0 Å². The fourth-order valence-corrected chi connectivity index (χ4v) is 30.4. The van der Waals surface area contributed by atoms with E-state index in [-0.39, 0.29) is 11.5 Å². The van der Waals surface area contributed by atoms with Crippen LogP contribution in [-0.2, 0) is 9.59 Å². The molecule has 0 aromatic heterocycles. The zero-order valence-electron chi connectivity index (χ0n) is 14.5. The van der Waals surface area contributed by atoms with Gasteiger partial charge in [0.05, 0.1) is 0 Å². The number of rotatable bonds is 10. The van der Waals surface area contributed by atoms with E-state index in [0.717, 1.165) is 7.16 Å². The van der Waals surface area contributed by atoms with Crippen molar-refractivity contribution in [2.75, 3.05) is 11.5 Å². The van der Waals surface area contributed by atoms with E-state index in [0.29, 0.717) is 0 Å². The first-order valence-corrected chi connectivity index (χ1v) is 20.0. The van der Waals surface area contributed by atoms with Gasteiger partial charge in [-0.2, -0.15) is 0 Å².